The zero-order valence-electron chi connectivity index (χ0n) is 8.27. The fraction of sp³-hybridized carbons (Fsp3) is 0.875. The van der Waals surface area contributed by atoms with Crippen LogP contribution in [0.2, 0.25) is 0 Å². The third-order valence-electron chi connectivity index (χ3n) is 1.56. The molecule has 0 fully saturated rings. The van der Waals surface area contributed by atoms with Crippen LogP contribution in [0, 0.1) is 0 Å². The first-order chi connectivity index (χ1) is 6.28. The molecule has 0 aromatic heterocycles. The van der Waals surface area contributed by atoms with E-state index in [-0.39, 0.29) is 6.54 Å². The third kappa shape index (κ3) is 5.06. The first-order valence-corrected chi connectivity index (χ1v) is 4.39. The van der Waals surface area contributed by atoms with Crippen LogP contribution in [0.5, 0.6) is 0 Å². The Labute approximate surface area is 81.1 Å². The highest BCUT2D eigenvalue weighted by Gasteiger charge is 2.33. The Morgan fingerprint density at radius 1 is 1.50 bits per heavy atom. The highest BCUT2D eigenvalue weighted by Crippen LogP contribution is 2.17. The SMILES string of the molecule is CCCN(CC(F)(F)F)C(=O)[C@@H](C)N. The minimum atomic E-state index is -4.36. The third-order valence-corrected chi connectivity index (χ3v) is 1.56. The fourth-order valence-electron chi connectivity index (χ4n) is 1.04. The predicted molar refractivity (Wildman–Crippen MR) is 46.6 cm³/mol. The molecule has 0 rings (SSSR count). The summed E-state index contributed by atoms with van der Waals surface area (Å²) in [6.07, 6.45) is -3.88. The highest BCUT2D eigenvalue weighted by molar-refractivity contribution is 5.81. The number of hydrogen-bond acceptors (Lipinski definition) is 2. The molecular weight excluding hydrogens is 197 g/mol. The van der Waals surface area contributed by atoms with Crippen LogP contribution < -0.4 is 5.73 Å². The fourth-order valence-corrected chi connectivity index (χ4v) is 1.04. The molecule has 0 aliphatic heterocycles. The second kappa shape index (κ2) is 5.19. The van der Waals surface area contributed by atoms with Gasteiger partial charge in [0.05, 0.1) is 6.04 Å². The molecule has 0 bridgehead atoms. The van der Waals surface area contributed by atoms with Gasteiger partial charge in [-0.1, -0.05) is 6.92 Å². The van der Waals surface area contributed by atoms with Crippen molar-refractivity contribution in [2.24, 2.45) is 5.73 Å². The van der Waals surface area contributed by atoms with E-state index < -0.39 is 24.7 Å². The van der Waals surface area contributed by atoms with Crippen LogP contribution in [-0.2, 0) is 4.79 Å². The molecule has 0 unspecified atom stereocenters. The summed E-state index contributed by atoms with van der Waals surface area (Å²) in [7, 11) is 0. The Kier molecular flexibility index (Phi) is 4.90. The second-order valence-corrected chi connectivity index (χ2v) is 3.16. The smallest absolute Gasteiger partial charge is 0.332 e. The van der Waals surface area contributed by atoms with Crippen molar-refractivity contribution in [3.8, 4) is 0 Å². The largest absolute Gasteiger partial charge is 0.406 e. The van der Waals surface area contributed by atoms with Crippen molar-refractivity contribution in [3.05, 3.63) is 0 Å². The molecule has 3 nitrogen and oxygen atoms in total. The van der Waals surface area contributed by atoms with E-state index in [0.29, 0.717) is 6.42 Å². The minimum absolute atomic E-state index is 0.0832. The Balaban J connectivity index is 4.36. The second-order valence-electron chi connectivity index (χ2n) is 3.16. The minimum Gasteiger partial charge on any atom is -0.332 e. The molecule has 0 aliphatic carbocycles. The van der Waals surface area contributed by atoms with E-state index in [0.717, 1.165) is 4.90 Å². The van der Waals surface area contributed by atoms with Gasteiger partial charge in [0.15, 0.2) is 0 Å². The molecule has 0 aliphatic rings. The van der Waals surface area contributed by atoms with Crippen molar-refractivity contribution < 1.29 is 18.0 Å². The summed E-state index contributed by atoms with van der Waals surface area (Å²) in [5, 5.41) is 0. The van der Waals surface area contributed by atoms with E-state index in [1.54, 1.807) is 6.92 Å². The lowest BCUT2D eigenvalue weighted by molar-refractivity contribution is -0.161. The van der Waals surface area contributed by atoms with E-state index >= 15 is 0 Å². The summed E-state index contributed by atoms with van der Waals surface area (Å²) in [4.78, 5) is 12.0. The lowest BCUT2D eigenvalue weighted by Gasteiger charge is -2.24. The molecule has 0 radical (unpaired) electrons. The van der Waals surface area contributed by atoms with Gasteiger partial charge >= 0.3 is 6.18 Å². The Morgan fingerprint density at radius 3 is 2.29 bits per heavy atom. The van der Waals surface area contributed by atoms with Gasteiger partial charge < -0.3 is 10.6 Å². The maximum absolute atomic E-state index is 12.0. The molecule has 0 aromatic carbocycles. The molecule has 0 saturated carbocycles. The molecule has 1 amide bonds. The summed E-state index contributed by atoms with van der Waals surface area (Å²) < 4.78 is 36.1. The van der Waals surface area contributed by atoms with Gasteiger partial charge in [0, 0.05) is 6.54 Å². The molecule has 0 aromatic rings. The molecule has 1 atom stereocenters. The van der Waals surface area contributed by atoms with E-state index in [9.17, 15) is 18.0 Å². The lowest BCUT2D eigenvalue weighted by Crippen LogP contribution is -2.46. The topological polar surface area (TPSA) is 46.3 Å². The average molecular weight is 212 g/mol. The van der Waals surface area contributed by atoms with Gasteiger partial charge in [-0.25, -0.2) is 0 Å². The average Bonchev–Trinajstić information content (AvgIpc) is 1.99. The van der Waals surface area contributed by atoms with Crippen molar-refractivity contribution in [3.63, 3.8) is 0 Å². The summed E-state index contributed by atoms with van der Waals surface area (Å²) in [5.41, 5.74) is 5.23. The number of carbonyl (C=O) groups is 1. The Hall–Kier alpha value is -0.780. The summed E-state index contributed by atoms with van der Waals surface area (Å²) in [5.74, 6) is -0.663. The molecule has 6 heteroatoms. The molecule has 0 saturated heterocycles. The zero-order chi connectivity index (χ0) is 11.4. The summed E-state index contributed by atoms with van der Waals surface area (Å²) in [6, 6.07) is -0.885. The monoisotopic (exact) mass is 212 g/mol. The van der Waals surface area contributed by atoms with Crippen LogP contribution in [0.15, 0.2) is 0 Å². The van der Waals surface area contributed by atoms with Gasteiger partial charge in [-0.2, -0.15) is 13.2 Å². The van der Waals surface area contributed by atoms with Gasteiger partial charge in [-0.05, 0) is 13.3 Å². The van der Waals surface area contributed by atoms with Gasteiger partial charge in [0.2, 0.25) is 5.91 Å². The predicted octanol–water partition coefficient (Wildman–Crippen LogP) is 1.13. The van der Waals surface area contributed by atoms with E-state index in [2.05, 4.69) is 0 Å². The highest BCUT2D eigenvalue weighted by atomic mass is 19.4. The first-order valence-electron chi connectivity index (χ1n) is 4.39. The van der Waals surface area contributed by atoms with E-state index in [1.807, 2.05) is 0 Å². The molecule has 0 spiro atoms. The maximum Gasteiger partial charge on any atom is 0.406 e. The summed E-state index contributed by atoms with van der Waals surface area (Å²) >= 11 is 0. The summed E-state index contributed by atoms with van der Waals surface area (Å²) in [6.45, 7) is 1.94. The van der Waals surface area contributed by atoms with Crippen LogP contribution >= 0.6 is 0 Å². The Morgan fingerprint density at radius 2 is 2.00 bits per heavy atom. The molecule has 2 N–H and O–H groups in total. The molecule has 84 valence electrons. The van der Waals surface area contributed by atoms with Crippen molar-refractivity contribution in [2.75, 3.05) is 13.1 Å². The normalized spacial score (nSPS) is 13.9. The Bertz CT molecular complexity index is 192. The van der Waals surface area contributed by atoms with Gasteiger partial charge in [-0.15, -0.1) is 0 Å². The lowest BCUT2D eigenvalue weighted by atomic mass is 10.3. The van der Waals surface area contributed by atoms with Crippen LogP contribution in [-0.4, -0.2) is 36.1 Å². The van der Waals surface area contributed by atoms with E-state index in [1.165, 1.54) is 6.92 Å². The number of rotatable bonds is 4. The van der Waals surface area contributed by atoms with E-state index in [4.69, 9.17) is 5.73 Å². The molecular formula is C8H15F3N2O. The standard InChI is InChI=1S/C8H15F3N2O/c1-3-4-13(5-8(9,10)11)7(14)6(2)12/h6H,3-5,12H2,1-2H3/t6-/m1/s1. The van der Waals surface area contributed by atoms with Gasteiger partial charge in [0.25, 0.3) is 0 Å². The van der Waals surface area contributed by atoms with Crippen molar-refractivity contribution in [1.82, 2.24) is 4.90 Å². The van der Waals surface area contributed by atoms with Gasteiger partial charge in [0.1, 0.15) is 6.54 Å². The number of hydrogen-bond donors (Lipinski definition) is 1. The maximum atomic E-state index is 12.0. The van der Waals surface area contributed by atoms with Crippen molar-refractivity contribution in [1.29, 1.82) is 0 Å². The van der Waals surface area contributed by atoms with Gasteiger partial charge in [-0.3, -0.25) is 4.79 Å². The van der Waals surface area contributed by atoms with Crippen molar-refractivity contribution in [2.45, 2.75) is 32.5 Å². The van der Waals surface area contributed by atoms with Crippen LogP contribution in [0.4, 0.5) is 13.2 Å². The number of nitrogens with zero attached hydrogens (tertiary/aromatic N) is 1. The number of amides is 1. The van der Waals surface area contributed by atoms with Crippen LogP contribution in [0.3, 0.4) is 0 Å². The molecule has 0 heterocycles. The van der Waals surface area contributed by atoms with Crippen LogP contribution in [0.1, 0.15) is 20.3 Å². The number of carbonyl (C=O) groups excluding carboxylic acids is 1. The number of nitrogens with two attached hydrogens (primary N) is 1. The quantitative estimate of drug-likeness (QED) is 0.759. The number of alkyl halides is 3. The molecule has 14 heavy (non-hydrogen) atoms. The number of halogens is 3. The zero-order valence-corrected chi connectivity index (χ0v) is 8.27. The van der Waals surface area contributed by atoms with Crippen LogP contribution in [0.25, 0.3) is 0 Å². The first kappa shape index (κ1) is 13.2. The van der Waals surface area contributed by atoms with Crippen molar-refractivity contribution >= 4 is 5.91 Å².